The van der Waals surface area contributed by atoms with E-state index in [1.165, 1.54) is 5.57 Å². The lowest BCUT2D eigenvalue weighted by atomic mass is 9.72. The molecule has 1 rings (SSSR count). The van der Waals surface area contributed by atoms with Crippen LogP contribution >= 0.6 is 0 Å². The van der Waals surface area contributed by atoms with Crippen LogP contribution in [-0.4, -0.2) is 0 Å². The highest BCUT2D eigenvalue weighted by Crippen LogP contribution is 2.36. The van der Waals surface area contributed by atoms with Crippen molar-refractivity contribution in [2.75, 3.05) is 0 Å². The maximum Gasteiger partial charge on any atom is 0.0961 e. The molecule has 70 valence electrons. The van der Waals surface area contributed by atoms with Crippen molar-refractivity contribution in [3.05, 3.63) is 23.8 Å². The molecule has 0 radical (unpaired) electrons. The highest BCUT2D eigenvalue weighted by atomic mass is 14.4. The van der Waals surface area contributed by atoms with Crippen LogP contribution in [0.2, 0.25) is 0 Å². The quantitative estimate of drug-likeness (QED) is 0.590. The summed E-state index contributed by atoms with van der Waals surface area (Å²) in [5.41, 5.74) is 0.973. The van der Waals surface area contributed by atoms with E-state index in [-0.39, 0.29) is 5.41 Å². The van der Waals surface area contributed by atoms with E-state index < -0.39 is 0 Å². The summed E-state index contributed by atoms with van der Waals surface area (Å²) in [7, 11) is 0. The predicted molar refractivity (Wildman–Crippen MR) is 55.0 cm³/mol. The summed E-state index contributed by atoms with van der Waals surface area (Å²) in [5, 5.41) is 9.22. The lowest BCUT2D eigenvalue weighted by Gasteiger charge is -2.29. The number of allylic oxidation sites excluding steroid dienone is 4. The molecule has 1 aliphatic rings. The van der Waals surface area contributed by atoms with Crippen LogP contribution in [0.1, 0.15) is 33.6 Å². The molecule has 0 saturated heterocycles. The summed E-state index contributed by atoms with van der Waals surface area (Å²) < 4.78 is 0. The van der Waals surface area contributed by atoms with Gasteiger partial charge in [0.2, 0.25) is 0 Å². The number of nitriles is 1. The van der Waals surface area contributed by atoms with Gasteiger partial charge in [0.15, 0.2) is 0 Å². The summed E-state index contributed by atoms with van der Waals surface area (Å²) in [6.45, 7) is 6.37. The SMILES string of the molecule is CCC(C)C1(C#N)C=CCC(C)=C1. The number of hydrogen-bond donors (Lipinski definition) is 0. The van der Waals surface area contributed by atoms with Crippen LogP contribution in [0.25, 0.3) is 0 Å². The topological polar surface area (TPSA) is 23.8 Å². The molecular weight excluding hydrogens is 158 g/mol. The van der Waals surface area contributed by atoms with Gasteiger partial charge in [-0.3, -0.25) is 0 Å². The van der Waals surface area contributed by atoms with E-state index in [1.807, 2.05) is 0 Å². The summed E-state index contributed by atoms with van der Waals surface area (Å²) >= 11 is 0. The minimum Gasteiger partial charge on any atom is -0.197 e. The average molecular weight is 175 g/mol. The number of rotatable bonds is 2. The minimum atomic E-state index is -0.336. The lowest BCUT2D eigenvalue weighted by Crippen LogP contribution is -2.24. The summed E-state index contributed by atoms with van der Waals surface area (Å²) in [4.78, 5) is 0. The zero-order valence-corrected chi connectivity index (χ0v) is 8.67. The van der Waals surface area contributed by atoms with Gasteiger partial charge < -0.3 is 0 Å². The molecule has 1 heteroatoms. The third-order valence-corrected chi connectivity index (χ3v) is 2.94. The van der Waals surface area contributed by atoms with E-state index in [0.29, 0.717) is 5.92 Å². The molecule has 1 aliphatic carbocycles. The Morgan fingerprint density at radius 3 is 2.85 bits per heavy atom. The summed E-state index contributed by atoms with van der Waals surface area (Å²) in [6, 6.07) is 2.44. The standard InChI is InChI=1S/C12H17N/c1-4-11(3)12(9-13)7-5-6-10(2)8-12/h5,7-8,11H,4,6H2,1-3H3. The normalized spacial score (nSPS) is 29.2. The van der Waals surface area contributed by atoms with Crippen LogP contribution in [0.3, 0.4) is 0 Å². The largest absolute Gasteiger partial charge is 0.197 e. The summed E-state index contributed by atoms with van der Waals surface area (Å²) in [5.74, 6) is 0.406. The first-order valence-electron chi connectivity index (χ1n) is 4.92. The summed E-state index contributed by atoms with van der Waals surface area (Å²) in [6.07, 6.45) is 8.35. The van der Waals surface area contributed by atoms with E-state index >= 15 is 0 Å². The first-order valence-corrected chi connectivity index (χ1v) is 4.92. The Morgan fingerprint density at radius 1 is 1.69 bits per heavy atom. The van der Waals surface area contributed by atoms with Crippen LogP contribution in [0.5, 0.6) is 0 Å². The molecule has 0 fully saturated rings. The molecule has 2 atom stereocenters. The van der Waals surface area contributed by atoms with Crippen molar-refractivity contribution in [3.63, 3.8) is 0 Å². The molecule has 2 unspecified atom stereocenters. The van der Waals surface area contributed by atoms with Crippen LogP contribution in [-0.2, 0) is 0 Å². The van der Waals surface area contributed by atoms with Crippen molar-refractivity contribution in [3.8, 4) is 6.07 Å². The van der Waals surface area contributed by atoms with Crippen molar-refractivity contribution < 1.29 is 0 Å². The second-order valence-corrected chi connectivity index (χ2v) is 3.95. The first kappa shape index (κ1) is 10.1. The van der Waals surface area contributed by atoms with Gasteiger partial charge in [0, 0.05) is 0 Å². The second kappa shape index (κ2) is 3.79. The molecule has 0 aromatic heterocycles. The fraction of sp³-hybridized carbons (Fsp3) is 0.583. The van der Waals surface area contributed by atoms with Crippen molar-refractivity contribution in [1.82, 2.24) is 0 Å². The van der Waals surface area contributed by atoms with E-state index in [0.717, 1.165) is 12.8 Å². The van der Waals surface area contributed by atoms with Gasteiger partial charge in [-0.25, -0.2) is 0 Å². The highest BCUT2D eigenvalue weighted by Gasteiger charge is 2.31. The highest BCUT2D eigenvalue weighted by molar-refractivity contribution is 5.31. The molecular formula is C12H17N. The van der Waals surface area contributed by atoms with E-state index in [4.69, 9.17) is 0 Å². The molecule has 0 amide bonds. The van der Waals surface area contributed by atoms with E-state index in [1.54, 1.807) is 0 Å². The Kier molecular flexibility index (Phi) is 2.93. The molecule has 0 spiro atoms. The smallest absolute Gasteiger partial charge is 0.0961 e. The molecule has 0 saturated carbocycles. The van der Waals surface area contributed by atoms with Crippen molar-refractivity contribution in [1.29, 1.82) is 5.26 Å². The van der Waals surface area contributed by atoms with Gasteiger partial charge in [-0.1, -0.05) is 44.1 Å². The third-order valence-electron chi connectivity index (χ3n) is 2.94. The Balaban J connectivity index is 3.00. The van der Waals surface area contributed by atoms with Crippen molar-refractivity contribution >= 4 is 0 Å². The first-order chi connectivity index (χ1) is 6.14. The van der Waals surface area contributed by atoms with Crippen LogP contribution in [0.4, 0.5) is 0 Å². The van der Waals surface area contributed by atoms with Gasteiger partial charge in [-0.2, -0.15) is 5.26 Å². The van der Waals surface area contributed by atoms with Gasteiger partial charge in [-0.05, 0) is 19.3 Å². The average Bonchev–Trinajstić information content (AvgIpc) is 2.16. The fourth-order valence-electron chi connectivity index (χ4n) is 1.78. The molecule has 0 heterocycles. The molecule has 13 heavy (non-hydrogen) atoms. The number of nitrogens with zero attached hydrogens (tertiary/aromatic N) is 1. The molecule has 0 aliphatic heterocycles. The zero-order chi connectivity index (χ0) is 9.90. The van der Waals surface area contributed by atoms with Crippen LogP contribution < -0.4 is 0 Å². The fourth-order valence-corrected chi connectivity index (χ4v) is 1.78. The Morgan fingerprint density at radius 2 is 2.38 bits per heavy atom. The maximum absolute atomic E-state index is 9.22. The third kappa shape index (κ3) is 1.83. The van der Waals surface area contributed by atoms with Gasteiger partial charge in [-0.15, -0.1) is 0 Å². The predicted octanol–water partition coefficient (Wildman–Crippen LogP) is 3.45. The van der Waals surface area contributed by atoms with Crippen LogP contribution in [0.15, 0.2) is 23.8 Å². The molecule has 0 aromatic carbocycles. The van der Waals surface area contributed by atoms with Crippen molar-refractivity contribution in [2.45, 2.75) is 33.6 Å². The second-order valence-electron chi connectivity index (χ2n) is 3.95. The molecule has 0 N–H and O–H groups in total. The van der Waals surface area contributed by atoms with E-state index in [2.05, 4.69) is 45.1 Å². The van der Waals surface area contributed by atoms with Gasteiger partial charge in [0.25, 0.3) is 0 Å². The number of hydrogen-bond acceptors (Lipinski definition) is 1. The maximum atomic E-state index is 9.22. The van der Waals surface area contributed by atoms with Gasteiger partial charge in [0.1, 0.15) is 0 Å². The van der Waals surface area contributed by atoms with Crippen LogP contribution in [0, 0.1) is 22.7 Å². The lowest BCUT2D eigenvalue weighted by molar-refractivity contribution is 0.390. The monoisotopic (exact) mass is 175 g/mol. The van der Waals surface area contributed by atoms with Gasteiger partial charge >= 0.3 is 0 Å². The van der Waals surface area contributed by atoms with Crippen molar-refractivity contribution in [2.24, 2.45) is 11.3 Å². The Bertz CT molecular complexity index is 280. The van der Waals surface area contributed by atoms with E-state index in [9.17, 15) is 5.26 Å². The zero-order valence-electron chi connectivity index (χ0n) is 8.67. The molecule has 0 bridgehead atoms. The molecule has 1 nitrogen and oxygen atoms in total. The Hall–Kier alpha value is -1.03. The Labute approximate surface area is 80.8 Å². The minimum absolute atomic E-state index is 0.336. The molecule has 0 aromatic rings. The van der Waals surface area contributed by atoms with Gasteiger partial charge in [0.05, 0.1) is 11.5 Å².